The van der Waals surface area contributed by atoms with E-state index in [1.807, 2.05) is 12.2 Å². The first-order valence-corrected chi connectivity index (χ1v) is 11.1. The van der Waals surface area contributed by atoms with Gasteiger partial charge in [0.25, 0.3) is 0 Å². The van der Waals surface area contributed by atoms with E-state index in [2.05, 4.69) is 24.7 Å². The molecule has 4 nitrogen and oxygen atoms in total. The second kappa shape index (κ2) is 11.8. The third kappa shape index (κ3) is 7.04. The molecular weight excluding hydrogens is 352 g/mol. The number of rotatable bonds is 12. The fraction of sp³-hybridized carbons (Fsp3) is 0.792. The van der Waals surface area contributed by atoms with E-state index in [0.717, 1.165) is 38.5 Å². The van der Waals surface area contributed by atoms with Crippen molar-refractivity contribution in [3.05, 3.63) is 23.8 Å². The third-order valence-electron chi connectivity index (χ3n) is 6.38. The minimum Gasteiger partial charge on any atom is -0.469 e. The molecule has 0 bridgehead atoms. The Labute approximate surface area is 172 Å². The zero-order chi connectivity index (χ0) is 21.4. The minimum atomic E-state index is -1.45. The number of fused-ring (bicyclic) bond motifs is 1. The largest absolute Gasteiger partial charge is 0.469 e. The van der Waals surface area contributed by atoms with E-state index in [4.69, 9.17) is 1.37 Å². The van der Waals surface area contributed by atoms with Gasteiger partial charge in [-0.3, -0.25) is 4.79 Å². The summed E-state index contributed by atoms with van der Waals surface area (Å²) < 4.78 is 13.0. The van der Waals surface area contributed by atoms with E-state index in [-0.39, 0.29) is 23.7 Å². The van der Waals surface area contributed by atoms with Crippen LogP contribution in [0.25, 0.3) is 0 Å². The van der Waals surface area contributed by atoms with Gasteiger partial charge in [0.05, 0.1) is 20.7 Å². The van der Waals surface area contributed by atoms with Crippen LogP contribution in [0.15, 0.2) is 23.8 Å². The maximum Gasteiger partial charge on any atom is 0.305 e. The molecule has 28 heavy (non-hydrogen) atoms. The molecule has 0 aliphatic heterocycles. The molecule has 0 heterocycles. The SMILES string of the molecule is [3H][C@@]1(O)C[C@@H]2C=C(CCCCC(=O)OC)C[C@@H]2[C@H]1/C=C/[C@@H](O)C[C@@H](C)CCCC. The van der Waals surface area contributed by atoms with Crippen molar-refractivity contribution in [2.24, 2.45) is 23.7 Å². The molecule has 4 heteroatoms. The second-order valence-electron chi connectivity index (χ2n) is 8.80. The van der Waals surface area contributed by atoms with Crippen molar-refractivity contribution in [3.8, 4) is 0 Å². The van der Waals surface area contributed by atoms with Gasteiger partial charge < -0.3 is 14.9 Å². The number of methoxy groups -OCH3 is 1. The molecule has 0 aromatic rings. The van der Waals surface area contributed by atoms with Gasteiger partial charge in [-0.15, -0.1) is 0 Å². The summed E-state index contributed by atoms with van der Waals surface area (Å²) in [4.78, 5) is 11.2. The zero-order valence-corrected chi connectivity index (χ0v) is 17.9. The first-order chi connectivity index (χ1) is 13.8. The van der Waals surface area contributed by atoms with Crippen LogP contribution in [0.4, 0.5) is 0 Å². The summed E-state index contributed by atoms with van der Waals surface area (Å²) in [5.74, 6) is 0.564. The molecule has 2 aliphatic rings. The number of ether oxygens (including phenoxy) is 1. The lowest BCUT2D eigenvalue weighted by Gasteiger charge is -2.19. The molecule has 6 atom stereocenters. The predicted molar refractivity (Wildman–Crippen MR) is 113 cm³/mol. The standard InChI is InChI=1S/C24H40O4/c1-4-5-8-17(2)13-20(25)11-12-21-22-15-18(14-19(22)16-23(21)26)9-6-7-10-24(27)28-3/h11-12,14,17,19-23,25-26H,4-10,13,15-16H2,1-3H3/b12-11+/t17-,19-,20+,21+,22-,23+/m0/s1/i23T. The van der Waals surface area contributed by atoms with Crippen LogP contribution < -0.4 is 0 Å². The number of unbranched alkanes of at least 4 members (excludes halogenated alkanes) is 2. The van der Waals surface area contributed by atoms with Crippen LogP contribution in [-0.4, -0.2) is 35.5 Å². The molecule has 0 saturated heterocycles. The normalized spacial score (nSPS) is 32.1. The molecular formula is C24H40O4. The molecule has 1 saturated carbocycles. The van der Waals surface area contributed by atoms with Crippen LogP contribution >= 0.6 is 0 Å². The van der Waals surface area contributed by atoms with Crippen LogP contribution in [0.3, 0.4) is 0 Å². The van der Waals surface area contributed by atoms with Crippen molar-refractivity contribution in [1.82, 2.24) is 0 Å². The van der Waals surface area contributed by atoms with Crippen molar-refractivity contribution in [2.75, 3.05) is 7.11 Å². The van der Waals surface area contributed by atoms with Crippen LogP contribution in [0.2, 0.25) is 0 Å². The number of aliphatic hydroxyl groups is 2. The Balaban J connectivity index is 1.85. The van der Waals surface area contributed by atoms with Gasteiger partial charge in [0.2, 0.25) is 0 Å². The number of hydrogen-bond acceptors (Lipinski definition) is 4. The molecule has 0 aromatic heterocycles. The molecule has 2 rings (SSSR count). The topological polar surface area (TPSA) is 66.8 Å². The smallest absolute Gasteiger partial charge is 0.305 e. The van der Waals surface area contributed by atoms with Crippen molar-refractivity contribution in [3.63, 3.8) is 0 Å². The van der Waals surface area contributed by atoms with Gasteiger partial charge in [-0.2, -0.15) is 0 Å². The van der Waals surface area contributed by atoms with E-state index in [9.17, 15) is 15.0 Å². The Hall–Kier alpha value is -1.13. The molecule has 0 spiro atoms. The molecule has 160 valence electrons. The second-order valence-corrected chi connectivity index (χ2v) is 8.80. The molecule has 0 radical (unpaired) electrons. The first kappa shape index (κ1) is 21.6. The number of allylic oxidation sites excluding steroid dienone is 2. The fourth-order valence-corrected chi connectivity index (χ4v) is 4.75. The summed E-state index contributed by atoms with van der Waals surface area (Å²) in [6, 6.07) is 0. The summed E-state index contributed by atoms with van der Waals surface area (Å²) in [7, 11) is 1.42. The Morgan fingerprint density at radius 1 is 1.43 bits per heavy atom. The van der Waals surface area contributed by atoms with Gasteiger partial charge in [-0.1, -0.05) is 56.9 Å². The van der Waals surface area contributed by atoms with Crippen LogP contribution in [0.1, 0.15) is 79.4 Å². The number of esters is 1. The molecule has 2 N–H and O–H groups in total. The quantitative estimate of drug-likeness (QED) is 0.283. The summed E-state index contributed by atoms with van der Waals surface area (Å²) in [6.07, 6.45) is 12.8. The molecule has 2 aliphatic carbocycles. The highest BCUT2D eigenvalue weighted by Gasteiger charge is 2.43. The lowest BCUT2D eigenvalue weighted by Crippen LogP contribution is -2.18. The lowest BCUT2D eigenvalue weighted by atomic mass is 9.88. The van der Waals surface area contributed by atoms with E-state index in [1.54, 1.807) is 0 Å². The highest BCUT2D eigenvalue weighted by atomic mass is 16.5. The van der Waals surface area contributed by atoms with Crippen molar-refractivity contribution in [1.29, 1.82) is 0 Å². The van der Waals surface area contributed by atoms with Crippen molar-refractivity contribution >= 4 is 5.97 Å². The first-order valence-electron chi connectivity index (χ1n) is 11.6. The van der Waals surface area contributed by atoms with Gasteiger partial charge in [0.1, 0.15) is 0 Å². The summed E-state index contributed by atoms with van der Waals surface area (Å²) in [6.45, 7) is 4.35. The fourth-order valence-electron chi connectivity index (χ4n) is 4.75. The number of carbonyl (C=O) groups excluding carboxylic acids is 1. The van der Waals surface area contributed by atoms with E-state index in [1.165, 1.54) is 25.5 Å². The van der Waals surface area contributed by atoms with Crippen molar-refractivity contribution < 1.29 is 21.1 Å². The summed E-state index contributed by atoms with van der Waals surface area (Å²) >= 11 is 0. The van der Waals surface area contributed by atoms with Gasteiger partial charge >= 0.3 is 5.97 Å². The van der Waals surface area contributed by atoms with Gasteiger partial charge in [0, 0.05) is 12.3 Å². The third-order valence-corrected chi connectivity index (χ3v) is 6.38. The van der Waals surface area contributed by atoms with E-state index >= 15 is 0 Å². The Kier molecular flexibility index (Phi) is 9.07. The highest BCUT2D eigenvalue weighted by Crippen LogP contribution is 2.48. The van der Waals surface area contributed by atoms with Gasteiger partial charge in [-0.05, 0) is 56.3 Å². The molecule has 0 aromatic carbocycles. The van der Waals surface area contributed by atoms with Crippen molar-refractivity contribution in [2.45, 2.75) is 90.2 Å². The van der Waals surface area contributed by atoms with Gasteiger partial charge in [0.15, 0.2) is 0 Å². The maximum absolute atomic E-state index is 11.2. The summed E-state index contributed by atoms with van der Waals surface area (Å²) in [5, 5.41) is 21.0. The summed E-state index contributed by atoms with van der Waals surface area (Å²) in [5.41, 5.74) is 1.38. The minimum absolute atomic E-state index is 0.158. The van der Waals surface area contributed by atoms with Crippen LogP contribution in [0.5, 0.6) is 0 Å². The Morgan fingerprint density at radius 3 is 2.93 bits per heavy atom. The molecule has 1 fully saturated rings. The van der Waals surface area contributed by atoms with E-state index in [0.29, 0.717) is 18.8 Å². The Bertz CT molecular complexity index is 583. The van der Waals surface area contributed by atoms with Gasteiger partial charge in [-0.25, -0.2) is 0 Å². The predicted octanol–water partition coefficient (Wildman–Crippen LogP) is 4.80. The number of aliphatic hydroxyl groups excluding tert-OH is 1. The number of hydrogen-bond donors (Lipinski definition) is 2. The molecule has 0 unspecified atom stereocenters. The zero-order valence-electron chi connectivity index (χ0n) is 18.9. The number of carbonyl (C=O) groups is 1. The average Bonchev–Trinajstić information content (AvgIpc) is 3.14. The van der Waals surface area contributed by atoms with E-state index < -0.39 is 12.2 Å². The van der Waals surface area contributed by atoms with Crippen LogP contribution in [-0.2, 0) is 9.53 Å². The highest BCUT2D eigenvalue weighted by molar-refractivity contribution is 5.68. The monoisotopic (exact) mass is 394 g/mol. The van der Waals surface area contributed by atoms with Crippen LogP contribution in [0, 0.1) is 23.7 Å². The average molecular weight is 395 g/mol. The maximum atomic E-state index is 11.2. The Morgan fingerprint density at radius 2 is 2.21 bits per heavy atom. The lowest BCUT2D eigenvalue weighted by molar-refractivity contribution is -0.140. The molecule has 0 amide bonds.